The number of methoxy groups -OCH3 is 1. The first-order chi connectivity index (χ1) is 15.9. The molecule has 0 aromatic heterocycles. The standard InChI is InChI=1S/C25H28FN3O4/c1-3-12-27-24(31)22(28-23(30)18-6-5-9-21(16-18)33-2)17-10-13-29(14-11-17)25(32)19-7-4-8-20(26)15-19/h3-9,15-17,22H,1,10-14H2,2H3,(H,27,31)(H,28,30). The number of carbonyl (C=O) groups excluding carboxylic acids is 3. The fourth-order valence-electron chi connectivity index (χ4n) is 3.91. The van der Waals surface area contributed by atoms with E-state index in [1.165, 1.54) is 25.3 Å². The van der Waals surface area contributed by atoms with Crippen molar-refractivity contribution in [2.45, 2.75) is 18.9 Å². The number of amides is 3. The largest absolute Gasteiger partial charge is 0.497 e. The minimum Gasteiger partial charge on any atom is -0.497 e. The van der Waals surface area contributed by atoms with Crippen LogP contribution in [0.3, 0.4) is 0 Å². The van der Waals surface area contributed by atoms with Gasteiger partial charge in [-0.3, -0.25) is 14.4 Å². The average molecular weight is 454 g/mol. The highest BCUT2D eigenvalue weighted by molar-refractivity contribution is 5.98. The Morgan fingerprint density at radius 1 is 1.15 bits per heavy atom. The highest BCUT2D eigenvalue weighted by Gasteiger charge is 2.34. The van der Waals surface area contributed by atoms with E-state index in [0.29, 0.717) is 42.8 Å². The molecule has 1 atom stereocenters. The summed E-state index contributed by atoms with van der Waals surface area (Å²) in [5, 5.41) is 5.61. The van der Waals surface area contributed by atoms with Gasteiger partial charge in [0.1, 0.15) is 17.6 Å². The summed E-state index contributed by atoms with van der Waals surface area (Å²) in [5.41, 5.74) is 0.676. The molecule has 33 heavy (non-hydrogen) atoms. The van der Waals surface area contributed by atoms with Crippen LogP contribution in [0.5, 0.6) is 5.75 Å². The summed E-state index contributed by atoms with van der Waals surface area (Å²) in [5.74, 6) is -1.02. The third-order valence-corrected chi connectivity index (χ3v) is 5.69. The summed E-state index contributed by atoms with van der Waals surface area (Å²) in [6.07, 6.45) is 2.61. The number of halogens is 1. The van der Waals surface area contributed by atoms with Crippen LogP contribution < -0.4 is 15.4 Å². The van der Waals surface area contributed by atoms with Gasteiger partial charge >= 0.3 is 0 Å². The van der Waals surface area contributed by atoms with E-state index in [-0.39, 0.29) is 30.2 Å². The van der Waals surface area contributed by atoms with Gasteiger partial charge in [0.05, 0.1) is 7.11 Å². The molecule has 1 aliphatic heterocycles. The van der Waals surface area contributed by atoms with Gasteiger partial charge in [0.25, 0.3) is 11.8 Å². The number of likely N-dealkylation sites (tertiary alicyclic amines) is 1. The molecule has 1 unspecified atom stereocenters. The van der Waals surface area contributed by atoms with Crippen LogP contribution in [-0.2, 0) is 4.79 Å². The lowest BCUT2D eigenvalue weighted by atomic mass is 9.88. The topological polar surface area (TPSA) is 87.7 Å². The molecule has 0 radical (unpaired) electrons. The molecule has 3 amide bonds. The molecule has 7 nitrogen and oxygen atoms in total. The Morgan fingerprint density at radius 3 is 2.52 bits per heavy atom. The number of nitrogens with one attached hydrogen (secondary N) is 2. The third kappa shape index (κ3) is 6.19. The third-order valence-electron chi connectivity index (χ3n) is 5.69. The smallest absolute Gasteiger partial charge is 0.253 e. The Morgan fingerprint density at radius 2 is 1.85 bits per heavy atom. The van der Waals surface area contributed by atoms with Gasteiger partial charge in [-0.15, -0.1) is 6.58 Å². The second-order valence-corrected chi connectivity index (χ2v) is 7.86. The van der Waals surface area contributed by atoms with E-state index >= 15 is 0 Å². The first-order valence-electron chi connectivity index (χ1n) is 10.8. The summed E-state index contributed by atoms with van der Waals surface area (Å²) >= 11 is 0. The minimum atomic E-state index is -0.768. The fraction of sp³-hybridized carbons (Fsp3) is 0.320. The van der Waals surface area contributed by atoms with Crippen molar-refractivity contribution >= 4 is 17.7 Å². The van der Waals surface area contributed by atoms with Crippen molar-refractivity contribution < 1.29 is 23.5 Å². The van der Waals surface area contributed by atoms with Crippen LogP contribution in [0.1, 0.15) is 33.6 Å². The Labute approximate surface area is 192 Å². The second-order valence-electron chi connectivity index (χ2n) is 7.86. The molecule has 8 heteroatoms. The van der Waals surface area contributed by atoms with E-state index in [1.54, 1.807) is 41.3 Å². The first-order valence-corrected chi connectivity index (χ1v) is 10.8. The van der Waals surface area contributed by atoms with Crippen LogP contribution in [0.2, 0.25) is 0 Å². The van der Waals surface area contributed by atoms with E-state index in [0.717, 1.165) is 0 Å². The molecule has 0 spiro atoms. The van der Waals surface area contributed by atoms with Crippen molar-refractivity contribution in [1.29, 1.82) is 0 Å². The molecule has 0 saturated carbocycles. The SMILES string of the molecule is C=CCNC(=O)C(NC(=O)c1cccc(OC)c1)C1CCN(C(=O)c2cccc(F)c2)CC1. The molecule has 2 aromatic rings. The first kappa shape index (κ1) is 24.0. The second kappa shape index (κ2) is 11.3. The molecule has 1 heterocycles. The quantitative estimate of drug-likeness (QED) is 0.602. The van der Waals surface area contributed by atoms with Gasteiger partial charge < -0.3 is 20.3 Å². The zero-order chi connectivity index (χ0) is 23.8. The van der Waals surface area contributed by atoms with Crippen molar-refractivity contribution in [3.05, 3.63) is 78.1 Å². The number of nitrogens with zero attached hydrogens (tertiary/aromatic N) is 1. The van der Waals surface area contributed by atoms with Gasteiger partial charge in [0, 0.05) is 30.8 Å². The predicted octanol–water partition coefficient (Wildman–Crippen LogP) is 2.79. The van der Waals surface area contributed by atoms with Crippen molar-refractivity contribution in [3.8, 4) is 5.75 Å². The van der Waals surface area contributed by atoms with Gasteiger partial charge in [-0.05, 0) is 55.2 Å². The van der Waals surface area contributed by atoms with E-state index < -0.39 is 11.9 Å². The van der Waals surface area contributed by atoms with Crippen LogP contribution in [0.15, 0.2) is 61.2 Å². The van der Waals surface area contributed by atoms with Crippen LogP contribution >= 0.6 is 0 Å². The minimum absolute atomic E-state index is 0.166. The summed E-state index contributed by atoms with van der Waals surface area (Å²) in [7, 11) is 1.52. The normalized spacial score (nSPS) is 14.8. The molecule has 1 aliphatic rings. The Hall–Kier alpha value is -3.68. The highest BCUT2D eigenvalue weighted by Crippen LogP contribution is 2.23. The van der Waals surface area contributed by atoms with Gasteiger partial charge in [-0.25, -0.2) is 4.39 Å². The molecular formula is C25H28FN3O4. The maximum absolute atomic E-state index is 13.5. The predicted molar refractivity (Wildman–Crippen MR) is 122 cm³/mol. The maximum Gasteiger partial charge on any atom is 0.253 e. The highest BCUT2D eigenvalue weighted by atomic mass is 19.1. The van der Waals surface area contributed by atoms with Crippen molar-refractivity contribution in [1.82, 2.24) is 15.5 Å². The Balaban J connectivity index is 1.69. The lowest BCUT2D eigenvalue weighted by molar-refractivity contribution is -0.124. The van der Waals surface area contributed by atoms with Crippen LogP contribution in [-0.4, -0.2) is 55.4 Å². The van der Waals surface area contributed by atoms with Gasteiger partial charge in [0.15, 0.2) is 0 Å². The molecule has 1 saturated heterocycles. The summed E-state index contributed by atoms with van der Waals surface area (Å²) in [6, 6.07) is 11.5. The Kier molecular flexibility index (Phi) is 8.18. The zero-order valence-electron chi connectivity index (χ0n) is 18.6. The number of rotatable bonds is 8. The van der Waals surface area contributed by atoms with Gasteiger partial charge in [0.2, 0.25) is 5.91 Å². The van der Waals surface area contributed by atoms with Crippen molar-refractivity contribution in [2.75, 3.05) is 26.7 Å². The van der Waals surface area contributed by atoms with Crippen LogP contribution in [0.4, 0.5) is 4.39 Å². The maximum atomic E-state index is 13.5. The molecule has 0 bridgehead atoms. The number of hydrogen-bond acceptors (Lipinski definition) is 4. The molecule has 3 rings (SSSR count). The lowest BCUT2D eigenvalue weighted by Gasteiger charge is -2.35. The fourth-order valence-corrected chi connectivity index (χ4v) is 3.91. The van der Waals surface area contributed by atoms with Gasteiger partial charge in [-0.1, -0.05) is 18.2 Å². The van der Waals surface area contributed by atoms with Crippen LogP contribution in [0, 0.1) is 11.7 Å². The molecular weight excluding hydrogens is 425 g/mol. The van der Waals surface area contributed by atoms with Gasteiger partial charge in [-0.2, -0.15) is 0 Å². The molecule has 174 valence electrons. The Bertz CT molecular complexity index is 1020. The number of benzene rings is 2. The van der Waals surface area contributed by atoms with Crippen molar-refractivity contribution in [2.24, 2.45) is 5.92 Å². The molecule has 1 fully saturated rings. The van der Waals surface area contributed by atoms with Crippen LogP contribution in [0.25, 0.3) is 0 Å². The monoisotopic (exact) mass is 453 g/mol. The molecule has 2 aromatic carbocycles. The number of piperidine rings is 1. The van der Waals surface area contributed by atoms with E-state index in [2.05, 4.69) is 17.2 Å². The average Bonchev–Trinajstić information content (AvgIpc) is 2.85. The lowest BCUT2D eigenvalue weighted by Crippen LogP contribution is -2.53. The van der Waals surface area contributed by atoms with E-state index in [4.69, 9.17) is 4.74 Å². The number of ether oxygens (including phenoxy) is 1. The number of hydrogen-bond donors (Lipinski definition) is 2. The number of carbonyl (C=O) groups is 3. The summed E-state index contributed by atoms with van der Waals surface area (Å²) in [4.78, 5) is 40.1. The molecule has 2 N–H and O–H groups in total. The van der Waals surface area contributed by atoms with E-state index in [9.17, 15) is 18.8 Å². The van der Waals surface area contributed by atoms with Crippen molar-refractivity contribution in [3.63, 3.8) is 0 Å². The zero-order valence-corrected chi connectivity index (χ0v) is 18.6. The summed E-state index contributed by atoms with van der Waals surface area (Å²) < 4.78 is 18.7. The molecule has 0 aliphatic carbocycles. The summed E-state index contributed by atoms with van der Waals surface area (Å²) in [6.45, 7) is 4.69. The van der Waals surface area contributed by atoms with E-state index in [1.807, 2.05) is 0 Å².